The molecule has 2 aliphatic carbocycles. The van der Waals surface area contributed by atoms with Crippen LogP contribution in [0.25, 0.3) is 0 Å². The van der Waals surface area contributed by atoms with E-state index in [1.165, 1.54) is 12.8 Å². The first-order valence-electron chi connectivity index (χ1n) is 5.75. The van der Waals surface area contributed by atoms with E-state index in [9.17, 15) is 0 Å². The Labute approximate surface area is 111 Å². The van der Waals surface area contributed by atoms with E-state index in [1.807, 2.05) is 18.2 Å². The highest BCUT2D eigenvalue weighted by Crippen LogP contribution is 2.48. The fourth-order valence-corrected chi connectivity index (χ4v) is 3.14. The number of rotatable bonds is 4. The molecule has 2 unspecified atom stereocenters. The number of hydrogen-bond donors (Lipinski definition) is 2. The van der Waals surface area contributed by atoms with Gasteiger partial charge in [-0.3, -0.25) is 0 Å². The highest BCUT2D eigenvalue weighted by atomic mass is 35.5. The molecule has 0 radical (unpaired) electrons. The van der Waals surface area contributed by atoms with Crippen molar-refractivity contribution in [1.29, 1.82) is 0 Å². The Kier molecular flexibility index (Phi) is 3.69. The Balaban J connectivity index is 2.16. The van der Waals surface area contributed by atoms with Gasteiger partial charge in [0.05, 0.1) is 4.87 Å². The monoisotopic (exact) mass is 274 g/mol. The molecule has 2 atom stereocenters. The smallest absolute Gasteiger partial charge is 0.139 e. The first-order chi connectivity index (χ1) is 8.05. The Morgan fingerprint density at radius 3 is 2.88 bits per heavy atom. The predicted molar refractivity (Wildman–Crippen MR) is 70.5 cm³/mol. The van der Waals surface area contributed by atoms with Gasteiger partial charge in [-0.1, -0.05) is 41.8 Å². The van der Waals surface area contributed by atoms with Crippen LogP contribution in [0.1, 0.15) is 25.7 Å². The molecule has 0 aromatic heterocycles. The average molecular weight is 275 g/mol. The van der Waals surface area contributed by atoms with Crippen molar-refractivity contribution in [1.82, 2.24) is 0 Å². The summed E-state index contributed by atoms with van der Waals surface area (Å²) in [5, 5.41) is 12.3. The summed E-state index contributed by atoms with van der Waals surface area (Å²) >= 11 is 12.9. The van der Waals surface area contributed by atoms with Gasteiger partial charge in [0.1, 0.15) is 5.84 Å². The quantitative estimate of drug-likeness (QED) is 0.272. The number of oxime groups is 1. The summed E-state index contributed by atoms with van der Waals surface area (Å²) in [5.74, 6) is 0.750. The minimum Gasteiger partial charge on any atom is -0.409 e. The predicted octanol–water partition coefficient (Wildman–Crippen LogP) is 3.21. The van der Waals surface area contributed by atoms with Crippen LogP contribution in [-0.4, -0.2) is 15.9 Å². The lowest BCUT2D eigenvalue weighted by atomic mass is 9.81. The summed E-state index contributed by atoms with van der Waals surface area (Å²) < 4.78 is 0. The van der Waals surface area contributed by atoms with E-state index < -0.39 is 4.87 Å². The molecule has 0 amide bonds. The Morgan fingerprint density at radius 1 is 1.59 bits per heavy atom. The number of allylic oxidation sites excluding steroid dienone is 4. The van der Waals surface area contributed by atoms with E-state index in [0.29, 0.717) is 17.4 Å². The van der Waals surface area contributed by atoms with Crippen LogP contribution in [-0.2, 0) is 0 Å². The second kappa shape index (κ2) is 4.91. The standard InChI is InChI=1S/C12H16Cl2N2O/c13-10-2-1-5-12(14,7-8-3-4-8)9(10)6-11(15)16-17/h1-2,5,8-9,17H,3-4,6-7H2,(H2,15,16). The summed E-state index contributed by atoms with van der Waals surface area (Å²) in [6, 6.07) is 0. The molecule has 0 aromatic rings. The molecule has 1 fully saturated rings. The van der Waals surface area contributed by atoms with Gasteiger partial charge in [-0.25, -0.2) is 0 Å². The largest absolute Gasteiger partial charge is 0.409 e. The summed E-state index contributed by atoms with van der Waals surface area (Å²) in [4.78, 5) is -0.498. The van der Waals surface area contributed by atoms with Crippen molar-refractivity contribution in [3.8, 4) is 0 Å². The van der Waals surface area contributed by atoms with Crippen molar-refractivity contribution in [2.75, 3.05) is 0 Å². The first kappa shape index (κ1) is 12.8. The molecule has 0 bridgehead atoms. The van der Waals surface area contributed by atoms with Gasteiger partial charge in [-0.2, -0.15) is 0 Å². The molecule has 1 saturated carbocycles. The lowest BCUT2D eigenvalue weighted by molar-refractivity contribution is 0.314. The number of halogens is 2. The number of amidine groups is 1. The summed E-state index contributed by atoms with van der Waals surface area (Å²) in [6.45, 7) is 0. The van der Waals surface area contributed by atoms with Gasteiger partial charge in [-0.15, -0.1) is 11.6 Å². The SMILES string of the molecule is NC(CC1C(Cl)=CC=CC1(Cl)CC1CC1)=NO. The van der Waals surface area contributed by atoms with E-state index in [4.69, 9.17) is 34.1 Å². The third kappa shape index (κ3) is 2.96. The third-order valence-corrected chi connectivity index (χ3v) is 4.31. The number of hydrogen-bond acceptors (Lipinski definition) is 2. The summed E-state index contributed by atoms with van der Waals surface area (Å²) in [6.07, 6.45) is 9.45. The first-order valence-corrected chi connectivity index (χ1v) is 6.51. The number of alkyl halides is 1. The van der Waals surface area contributed by atoms with Gasteiger partial charge < -0.3 is 10.9 Å². The van der Waals surface area contributed by atoms with Crippen molar-refractivity contribution in [2.45, 2.75) is 30.6 Å². The average Bonchev–Trinajstić information content (AvgIpc) is 3.07. The van der Waals surface area contributed by atoms with Gasteiger partial charge in [0, 0.05) is 17.4 Å². The van der Waals surface area contributed by atoms with Crippen molar-refractivity contribution < 1.29 is 5.21 Å². The van der Waals surface area contributed by atoms with Crippen LogP contribution in [0, 0.1) is 11.8 Å². The maximum atomic E-state index is 8.66. The fraction of sp³-hybridized carbons (Fsp3) is 0.583. The van der Waals surface area contributed by atoms with E-state index in [1.54, 1.807) is 0 Å². The van der Waals surface area contributed by atoms with E-state index in [2.05, 4.69) is 5.16 Å². The van der Waals surface area contributed by atoms with Crippen molar-refractivity contribution in [3.63, 3.8) is 0 Å². The van der Waals surface area contributed by atoms with Crippen LogP contribution >= 0.6 is 23.2 Å². The van der Waals surface area contributed by atoms with Crippen LogP contribution < -0.4 is 5.73 Å². The van der Waals surface area contributed by atoms with E-state index in [-0.39, 0.29) is 11.8 Å². The molecule has 2 aliphatic rings. The van der Waals surface area contributed by atoms with Crippen LogP contribution in [0.15, 0.2) is 28.4 Å². The Hall–Kier alpha value is -0.670. The molecule has 0 aromatic carbocycles. The minimum absolute atomic E-state index is 0.104. The normalized spacial score (nSPS) is 33.6. The second-order valence-corrected chi connectivity index (χ2v) is 5.97. The number of nitrogens with two attached hydrogens (primary N) is 1. The lowest BCUT2D eigenvalue weighted by Gasteiger charge is -2.34. The highest BCUT2D eigenvalue weighted by molar-refractivity contribution is 6.33. The number of nitrogens with zero attached hydrogens (tertiary/aromatic N) is 1. The Morgan fingerprint density at radius 2 is 2.29 bits per heavy atom. The molecule has 0 heterocycles. The third-order valence-electron chi connectivity index (χ3n) is 3.38. The van der Waals surface area contributed by atoms with Crippen molar-refractivity contribution >= 4 is 29.0 Å². The molecular formula is C12H16Cl2N2O. The van der Waals surface area contributed by atoms with Gasteiger partial charge >= 0.3 is 0 Å². The van der Waals surface area contributed by atoms with Crippen LogP contribution in [0.3, 0.4) is 0 Å². The molecule has 17 heavy (non-hydrogen) atoms. The van der Waals surface area contributed by atoms with Gasteiger partial charge in [0.25, 0.3) is 0 Å². The van der Waals surface area contributed by atoms with Gasteiger partial charge in [-0.05, 0) is 18.4 Å². The maximum Gasteiger partial charge on any atom is 0.139 e. The summed E-state index contributed by atoms with van der Waals surface area (Å²) in [7, 11) is 0. The van der Waals surface area contributed by atoms with Crippen molar-refractivity contribution in [3.05, 3.63) is 23.3 Å². The van der Waals surface area contributed by atoms with Crippen molar-refractivity contribution in [2.24, 2.45) is 22.7 Å². The highest BCUT2D eigenvalue weighted by Gasteiger charge is 2.42. The van der Waals surface area contributed by atoms with Crippen LogP contribution in [0.4, 0.5) is 0 Å². The topological polar surface area (TPSA) is 58.6 Å². The fourth-order valence-electron chi connectivity index (χ4n) is 2.25. The molecule has 0 aliphatic heterocycles. The molecular weight excluding hydrogens is 259 g/mol. The van der Waals surface area contributed by atoms with Crippen LogP contribution in [0.5, 0.6) is 0 Å². The second-order valence-electron chi connectivity index (χ2n) is 4.83. The molecule has 5 heteroatoms. The van der Waals surface area contributed by atoms with E-state index in [0.717, 1.165) is 6.42 Å². The van der Waals surface area contributed by atoms with Gasteiger partial charge in [0.15, 0.2) is 0 Å². The molecule has 2 rings (SSSR count). The maximum absolute atomic E-state index is 8.66. The van der Waals surface area contributed by atoms with Crippen LogP contribution in [0.2, 0.25) is 0 Å². The molecule has 0 spiro atoms. The zero-order valence-corrected chi connectivity index (χ0v) is 11.0. The Bertz CT molecular complexity index is 388. The molecule has 0 saturated heterocycles. The zero-order valence-electron chi connectivity index (χ0n) is 9.44. The molecule has 3 N–H and O–H groups in total. The molecule has 3 nitrogen and oxygen atoms in total. The van der Waals surface area contributed by atoms with E-state index >= 15 is 0 Å². The summed E-state index contributed by atoms with van der Waals surface area (Å²) in [5.41, 5.74) is 5.56. The molecule has 94 valence electrons. The lowest BCUT2D eigenvalue weighted by Crippen LogP contribution is -2.35. The van der Waals surface area contributed by atoms with Gasteiger partial charge in [0.2, 0.25) is 0 Å². The minimum atomic E-state index is -0.498. The zero-order chi connectivity index (χ0) is 12.5.